The van der Waals surface area contributed by atoms with Crippen molar-refractivity contribution in [2.24, 2.45) is 0 Å². The number of halogens is 3. The maximum atomic E-state index is 16.1. The van der Waals surface area contributed by atoms with Crippen LogP contribution in [0, 0.1) is 17.5 Å². The number of nitrogens with zero attached hydrogens (tertiary/aromatic N) is 2. The van der Waals surface area contributed by atoms with E-state index in [4.69, 9.17) is 4.74 Å². The van der Waals surface area contributed by atoms with E-state index in [-0.39, 0.29) is 33.9 Å². The maximum Gasteiger partial charge on any atom is 0.212 e. The Balaban J connectivity index is 1.58. The first-order valence-corrected chi connectivity index (χ1v) is 17.9. The molecule has 5 heterocycles. The number of thiophene rings is 2. The van der Waals surface area contributed by atoms with E-state index < -0.39 is 49.1 Å². The number of hydrogen-bond donors (Lipinski definition) is 0. The largest absolute Gasteiger partial charge is 0.744 e. The molecule has 5 aromatic rings. The number of fused-ring (bicyclic) bond motifs is 8. The van der Waals surface area contributed by atoms with E-state index in [0.29, 0.717) is 0 Å². The van der Waals surface area contributed by atoms with Crippen LogP contribution in [0.4, 0.5) is 18.9 Å². The Labute approximate surface area is 277 Å². The van der Waals surface area contributed by atoms with Crippen LogP contribution in [-0.4, -0.2) is 27.1 Å². The summed E-state index contributed by atoms with van der Waals surface area (Å²) >= 11 is 3.16. The third-order valence-corrected chi connectivity index (χ3v) is 13.4. The van der Waals surface area contributed by atoms with Gasteiger partial charge in [0, 0.05) is 82.2 Å². The summed E-state index contributed by atoms with van der Waals surface area (Å²) in [5.41, 5.74) is 2.42. The number of benzene rings is 3. The van der Waals surface area contributed by atoms with Crippen molar-refractivity contribution in [3.8, 4) is 33.8 Å². The fourth-order valence-corrected chi connectivity index (χ4v) is 10.0. The van der Waals surface area contributed by atoms with Gasteiger partial charge in [-0.3, -0.25) is 0 Å². The van der Waals surface area contributed by atoms with Crippen LogP contribution in [0.25, 0.3) is 27.8 Å². The van der Waals surface area contributed by atoms with Crippen LogP contribution in [0.1, 0.15) is 48.6 Å². The fraction of sp³-hybridized carbons (Fsp3) is 0.229. The lowest BCUT2D eigenvalue weighted by Gasteiger charge is -2.43. The van der Waals surface area contributed by atoms with Gasteiger partial charge in [0.05, 0.1) is 22.0 Å². The molecule has 2 aromatic heterocycles. The molecule has 0 fully saturated rings. The lowest BCUT2D eigenvalue weighted by Crippen LogP contribution is -2.45. The number of hydrogen-bond acceptors (Lipinski definition) is 7. The molecular weight excluding hydrogens is 666 g/mol. The summed E-state index contributed by atoms with van der Waals surface area (Å²) in [6.07, 6.45) is 0. The van der Waals surface area contributed by atoms with Gasteiger partial charge in [0.15, 0.2) is 17.2 Å². The highest BCUT2D eigenvalue weighted by Gasteiger charge is 2.42. The summed E-state index contributed by atoms with van der Waals surface area (Å²) < 4.78 is 93.1. The Morgan fingerprint density at radius 2 is 1.49 bits per heavy atom. The van der Waals surface area contributed by atoms with E-state index in [1.165, 1.54) is 0 Å². The van der Waals surface area contributed by atoms with E-state index in [2.05, 4.69) is 37.2 Å². The highest BCUT2D eigenvalue weighted by atomic mass is 32.2. The smallest absolute Gasteiger partial charge is 0.212 e. The van der Waals surface area contributed by atoms with Crippen molar-refractivity contribution in [2.75, 3.05) is 19.0 Å². The van der Waals surface area contributed by atoms with E-state index in [0.717, 1.165) is 43.1 Å². The Hall–Kier alpha value is -3.97. The number of anilines is 1. The second-order valence-electron chi connectivity index (χ2n) is 13.1. The van der Waals surface area contributed by atoms with Crippen molar-refractivity contribution in [3.05, 3.63) is 102 Å². The summed E-state index contributed by atoms with van der Waals surface area (Å²) in [4.78, 5) is 2.78. The molecule has 0 amide bonds. The maximum absolute atomic E-state index is 16.1. The van der Waals surface area contributed by atoms with Crippen molar-refractivity contribution in [1.82, 2.24) is 4.58 Å². The minimum atomic E-state index is -5.63. The lowest BCUT2D eigenvalue weighted by molar-refractivity contribution is 0.374. The molecule has 0 atom stereocenters. The van der Waals surface area contributed by atoms with E-state index in [1.807, 2.05) is 37.0 Å². The van der Waals surface area contributed by atoms with Gasteiger partial charge in [0.25, 0.3) is 0 Å². The highest BCUT2D eigenvalue weighted by Crippen LogP contribution is 2.53. The van der Waals surface area contributed by atoms with Gasteiger partial charge in [-0.2, -0.15) is 0 Å². The Kier molecular flexibility index (Phi) is 6.18. The first-order valence-electron chi connectivity index (χ1n) is 14.7. The van der Waals surface area contributed by atoms with E-state index >= 15 is 13.2 Å². The molecule has 0 radical (unpaired) electrons. The summed E-state index contributed by atoms with van der Waals surface area (Å²) in [7, 11) is -1.73. The van der Waals surface area contributed by atoms with Gasteiger partial charge in [-0.1, -0.05) is 0 Å². The predicted octanol–water partition coefficient (Wildman–Crippen LogP) is 6.87. The first-order chi connectivity index (χ1) is 22.0. The molecule has 0 saturated carbocycles. The quantitative estimate of drug-likeness (QED) is 0.113. The van der Waals surface area contributed by atoms with Crippen LogP contribution in [0.3, 0.4) is 0 Å². The molecule has 240 valence electrons. The van der Waals surface area contributed by atoms with Crippen molar-refractivity contribution in [3.63, 3.8) is 0 Å². The van der Waals surface area contributed by atoms with Crippen molar-refractivity contribution in [1.29, 1.82) is 0 Å². The van der Waals surface area contributed by atoms with Crippen LogP contribution in [0.5, 0.6) is 11.5 Å². The zero-order valence-electron chi connectivity index (χ0n) is 26.1. The molecule has 0 N–H and O–H groups in total. The van der Waals surface area contributed by atoms with Crippen LogP contribution in [0.15, 0.2) is 58.1 Å². The molecule has 0 saturated heterocycles. The molecule has 6 nitrogen and oxygen atoms in total. The zero-order chi connectivity index (χ0) is 33.5. The Morgan fingerprint density at radius 3 is 2.17 bits per heavy atom. The number of ether oxygens (including phenoxy) is 1. The van der Waals surface area contributed by atoms with Crippen LogP contribution >= 0.6 is 22.7 Å². The van der Waals surface area contributed by atoms with Gasteiger partial charge in [-0.05, 0) is 48.9 Å². The van der Waals surface area contributed by atoms with Gasteiger partial charge >= 0.3 is 0 Å². The van der Waals surface area contributed by atoms with Crippen LogP contribution in [0.2, 0.25) is 0 Å². The standard InChI is InChI=1S/C35H27F3N2O4S3/c1-34(2)32-16(7-9-45-32)18-11-20-26(14-24(18)39(34)5)44-27-15-25-19(17-8-10-46-33(17)35(3,4)40(25)6)12-21(27)28(20)29-30(38)22(36)13-23(37)31(29)47(41,42)43/h7-15H,1-6H3. The molecular formula is C35H27F3N2O4S3. The Bertz CT molecular complexity index is 2500. The van der Waals surface area contributed by atoms with Gasteiger partial charge < -0.3 is 14.2 Å². The summed E-state index contributed by atoms with van der Waals surface area (Å²) in [6, 6.07) is 11.0. The van der Waals surface area contributed by atoms with Crippen molar-refractivity contribution < 1.29 is 30.9 Å². The predicted molar refractivity (Wildman–Crippen MR) is 176 cm³/mol. The topological polar surface area (TPSA) is 72.7 Å². The summed E-state index contributed by atoms with van der Waals surface area (Å²) in [5, 5.41) is 4.93. The van der Waals surface area contributed by atoms with Crippen molar-refractivity contribution in [2.45, 2.75) is 43.7 Å². The van der Waals surface area contributed by atoms with E-state index in [9.17, 15) is 13.0 Å². The molecule has 3 aromatic carbocycles. The minimum absolute atomic E-state index is 0.0917. The lowest BCUT2D eigenvalue weighted by atomic mass is 9.83. The molecule has 0 unspecified atom stereocenters. The van der Waals surface area contributed by atoms with E-state index in [1.54, 1.807) is 46.9 Å². The zero-order valence-corrected chi connectivity index (χ0v) is 28.5. The number of rotatable bonds is 2. The monoisotopic (exact) mass is 692 g/mol. The minimum Gasteiger partial charge on any atom is -0.744 e. The molecule has 0 spiro atoms. The molecule has 47 heavy (non-hydrogen) atoms. The highest BCUT2D eigenvalue weighted by molar-refractivity contribution is 7.85. The molecule has 12 heteroatoms. The molecule has 8 rings (SSSR count). The SMILES string of the molecule is CN1c2cc3c(cc2-c2ccsc2C1(C)C)C(c1c(F)c(F)cc(F)c1S(=O)(=O)[O-])=c1cc2c(cc1O3)=[N+](C)C(C)(C)c1sccc1-2. The average molecular weight is 693 g/mol. The van der Waals surface area contributed by atoms with Gasteiger partial charge in [-0.25, -0.2) is 26.2 Å². The third-order valence-electron chi connectivity index (χ3n) is 10.0. The normalized spacial score (nSPS) is 16.9. The summed E-state index contributed by atoms with van der Waals surface area (Å²) in [6.45, 7) is 8.38. The second kappa shape index (κ2) is 9.56. The molecule has 0 bridgehead atoms. The van der Waals surface area contributed by atoms with Crippen molar-refractivity contribution >= 4 is 44.1 Å². The third kappa shape index (κ3) is 3.98. The molecule has 3 aliphatic rings. The second-order valence-corrected chi connectivity index (χ2v) is 16.2. The Morgan fingerprint density at radius 1 is 0.830 bits per heavy atom. The van der Waals surface area contributed by atoms with Gasteiger partial charge in [0.1, 0.15) is 39.4 Å². The van der Waals surface area contributed by atoms with Crippen LogP contribution in [-0.2, 0) is 21.2 Å². The van der Waals surface area contributed by atoms with Crippen LogP contribution < -0.4 is 24.8 Å². The van der Waals surface area contributed by atoms with Gasteiger partial charge in [0.2, 0.25) is 5.36 Å². The molecule has 0 aliphatic carbocycles. The first kappa shape index (κ1) is 30.4. The fourth-order valence-electron chi connectivity index (χ4n) is 7.16. The average Bonchev–Trinajstić information content (AvgIpc) is 3.70. The van der Waals surface area contributed by atoms with Gasteiger partial charge in [-0.15, -0.1) is 22.7 Å². The summed E-state index contributed by atoms with van der Waals surface area (Å²) in [5.74, 6) is -4.49. The molecule has 3 aliphatic heterocycles.